The zero-order valence-electron chi connectivity index (χ0n) is 9.19. The van der Waals surface area contributed by atoms with Crippen LogP contribution in [0.5, 0.6) is 0 Å². The average Bonchev–Trinajstić information content (AvgIpc) is 2.23. The zero-order valence-corrected chi connectivity index (χ0v) is 9.19. The number of nitrogens with one attached hydrogen (secondary N) is 2. The highest BCUT2D eigenvalue weighted by molar-refractivity contribution is 5.94. The molecule has 1 saturated heterocycles. The Balaban J connectivity index is 2.23. The summed E-state index contributed by atoms with van der Waals surface area (Å²) in [6, 6.07) is 1.59. The van der Waals surface area contributed by atoms with E-state index in [9.17, 15) is 9.59 Å². The molecule has 2 N–H and O–H groups in total. The maximum atomic E-state index is 12.1. The molecule has 1 aromatic heterocycles. The van der Waals surface area contributed by atoms with Crippen LogP contribution >= 0.6 is 0 Å². The third-order valence-corrected chi connectivity index (χ3v) is 2.86. The molecule has 16 heavy (non-hydrogen) atoms. The van der Waals surface area contributed by atoms with Gasteiger partial charge >= 0.3 is 0 Å². The summed E-state index contributed by atoms with van der Waals surface area (Å²) in [6.07, 6.45) is 3.00. The summed E-state index contributed by atoms with van der Waals surface area (Å²) in [5, 5.41) is 3.12. The lowest BCUT2D eigenvalue weighted by atomic mass is 10.1. The Bertz CT molecular complexity index is 437. The zero-order chi connectivity index (χ0) is 11.5. The van der Waals surface area contributed by atoms with Crippen molar-refractivity contribution in [2.45, 2.75) is 13.0 Å². The average molecular weight is 221 g/mol. The summed E-state index contributed by atoms with van der Waals surface area (Å²) in [7, 11) is 0. The minimum Gasteiger partial charge on any atom is -0.367 e. The summed E-state index contributed by atoms with van der Waals surface area (Å²) in [6.45, 7) is 4.17. The largest absolute Gasteiger partial charge is 0.367 e. The second kappa shape index (κ2) is 4.49. The maximum absolute atomic E-state index is 12.1. The van der Waals surface area contributed by atoms with E-state index in [2.05, 4.69) is 10.3 Å². The molecule has 0 radical (unpaired) electrons. The third kappa shape index (κ3) is 1.86. The number of H-pyrrole nitrogens is 1. The van der Waals surface area contributed by atoms with E-state index in [-0.39, 0.29) is 22.9 Å². The highest BCUT2D eigenvalue weighted by Crippen LogP contribution is 2.08. The Hall–Kier alpha value is -1.62. The number of rotatable bonds is 3. The molecule has 0 bridgehead atoms. The number of hydrogen-bond donors (Lipinski definition) is 2. The Kier molecular flexibility index (Phi) is 3.05. The molecule has 2 heterocycles. The van der Waals surface area contributed by atoms with E-state index in [4.69, 9.17) is 0 Å². The summed E-state index contributed by atoms with van der Waals surface area (Å²) in [5.41, 5.74) is -0.00858. The lowest BCUT2D eigenvalue weighted by Gasteiger charge is -2.37. The number of amides is 1. The molecular weight excluding hydrogens is 206 g/mol. The Morgan fingerprint density at radius 2 is 2.31 bits per heavy atom. The van der Waals surface area contributed by atoms with Crippen LogP contribution in [-0.2, 0) is 0 Å². The summed E-state index contributed by atoms with van der Waals surface area (Å²) >= 11 is 0. The van der Waals surface area contributed by atoms with Gasteiger partial charge in [-0.3, -0.25) is 9.59 Å². The maximum Gasteiger partial charge on any atom is 0.259 e. The number of likely N-dealkylation sites (N-methyl/N-ethyl adjacent to an activating group) is 1. The Labute approximate surface area is 93.5 Å². The van der Waals surface area contributed by atoms with Crippen LogP contribution in [0.2, 0.25) is 0 Å². The summed E-state index contributed by atoms with van der Waals surface area (Å²) in [4.78, 5) is 28.1. The number of hydrogen-bond acceptors (Lipinski definition) is 3. The van der Waals surface area contributed by atoms with Gasteiger partial charge in [0.1, 0.15) is 5.56 Å². The first kappa shape index (κ1) is 10.9. The molecule has 0 atom stereocenters. The van der Waals surface area contributed by atoms with Gasteiger partial charge in [0, 0.05) is 38.1 Å². The van der Waals surface area contributed by atoms with Gasteiger partial charge in [0.15, 0.2) is 5.43 Å². The van der Waals surface area contributed by atoms with Gasteiger partial charge in [0.25, 0.3) is 5.91 Å². The van der Waals surface area contributed by atoms with Crippen molar-refractivity contribution >= 4 is 5.91 Å². The predicted octanol–water partition coefficient (Wildman–Crippen LogP) is -0.191. The molecule has 0 spiro atoms. The molecule has 86 valence electrons. The molecule has 0 unspecified atom stereocenters. The van der Waals surface area contributed by atoms with Crippen molar-refractivity contribution in [3.05, 3.63) is 34.2 Å². The standard InChI is InChI=1S/C11H15N3O2/c1-2-14(8-5-13-6-8)11(16)9-7-12-4-3-10(9)15/h3-4,7-8,13H,2,5-6H2,1H3,(H,12,15). The van der Waals surface area contributed by atoms with Crippen molar-refractivity contribution in [3.63, 3.8) is 0 Å². The van der Waals surface area contributed by atoms with Gasteiger partial charge in [-0.15, -0.1) is 0 Å². The first-order valence-corrected chi connectivity index (χ1v) is 5.43. The molecule has 5 nitrogen and oxygen atoms in total. The molecule has 1 aliphatic heterocycles. The fourth-order valence-corrected chi connectivity index (χ4v) is 1.80. The van der Waals surface area contributed by atoms with Crippen molar-refractivity contribution < 1.29 is 4.79 Å². The van der Waals surface area contributed by atoms with Gasteiger partial charge in [0.05, 0.1) is 6.04 Å². The lowest BCUT2D eigenvalue weighted by molar-refractivity contribution is 0.0628. The van der Waals surface area contributed by atoms with Gasteiger partial charge in [-0.05, 0) is 6.92 Å². The third-order valence-electron chi connectivity index (χ3n) is 2.86. The molecule has 1 fully saturated rings. The second-order valence-corrected chi connectivity index (χ2v) is 3.83. The number of aromatic nitrogens is 1. The molecule has 0 aromatic carbocycles. The highest BCUT2D eigenvalue weighted by atomic mass is 16.2. The van der Waals surface area contributed by atoms with E-state index in [1.165, 1.54) is 18.5 Å². The van der Waals surface area contributed by atoms with Crippen LogP contribution in [0, 0.1) is 0 Å². The van der Waals surface area contributed by atoms with Crippen LogP contribution < -0.4 is 10.7 Å². The lowest BCUT2D eigenvalue weighted by Crippen LogP contribution is -2.59. The van der Waals surface area contributed by atoms with Crippen LogP contribution in [0.4, 0.5) is 0 Å². The topological polar surface area (TPSA) is 65.2 Å². The number of carbonyl (C=O) groups is 1. The molecule has 0 aliphatic carbocycles. The van der Waals surface area contributed by atoms with Gasteiger partial charge in [-0.1, -0.05) is 0 Å². The Morgan fingerprint density at radius 3 is 2.81 bits per heavy atom. The first-order valence-electron chi connectivity index (χ1n) is 5.43. The smallest absolute Gasteiger partial charge is 0.259 e. The molecule has 1 aromatic rings. The number of nitrogens with zero attached hydrogens (tertiary/aromatic N) is 1. The SMILES string of the molecule is CCN(C(=O)c1c[nH]ccc1=O)C1CNC1. The van der Waals surface area contributed by atoms with Gasteiger partial charge in [-0.25, -0.2) is 0 Å². The molecular formula is C11H15N3O2. The molecule has 1 amide bonds. The summed E-state index contributed by atoms with van der Waals surface area (Å²) in [5.74, 6) is -0.184. The van der Waals surface area contributed by atoms with Crippen molar-refractivity contribution in [2.75, 3.05) is 19.6 Å². The van der Waals surface area contributed by atoms with E-state index in [0.29, 0.717) is 6.54 Å². The van der Waals surface area contributed by atoms with Crippen LogP contribution in [0.25, 0.3) is 0 Å². The second-order valence-electron chi connectivity index (χ2n) is 3.83. The van der Waals surface area contributed by atoms with Gasteiger partial charge < -0.3 is 15.2 Å². The van der Waals surface area contributed by atoms with Crippen molar-refractivity contribution in [1.29, 1.82) is 0 Å². The van der Waals surface area contributed by atoms with E-state index < -0.39 is 0 Å². The number of pyridine rings is 1. The minimum absolute atomic E-state index is 0.184. The number of aromatic amines is 1. The van der Waals surface area contributed by atoms with Gasteiger partial charge in [0.2, 0.25) is 0 Å². The predicted molar refractivity (Wildman–Crippen MR) is 60.4 cm³/mol. The van der Waals surface area contributed by atoms with Crippen LogP contribution in [-0.4, -0.2) is 41.5 Å². The van der Waals surface area contributed by atoms with Gasteiger partial charge in [-0.2, -0.15) is 0 Å². The van der Waals surface area contributed by atoms with E-state index >= 15 is 0 Å². The molecule has 0 saturated carbocycles. The highest BCUT2D eigenvalue weighted by Gasteiger charge is 2.28. The summed E-state index contributed by atoms with van der Waals surface area (Å²) < 4.78 is 0. The molecule has 2 rings (SSSR count). The van der Waals surface area contributed by atoms with E-state index in [1.54, 1.807) is 4.90 Å². The van der Waals surface area contributed by atoms with Crippen molar-refractivity contribution in [1.82, 2.24) is 15.2 Å². The van der Waals surface area contributed by atoms with Crippen LogP contribution in [0.1, 0.15) is 17.3 Å². The molecule has 5 heteroatoms. The van der Waals surface area contributed by atoms with Crippen LogP contribution in [0.15, 0.2) is 23.3 Å². The minimum atomic E-state index is -0.227. The number of carbonyl (C=O) groups excluding carboxylic acids is 1. The van der Waals surface area contributed by atoms with E-state index in [0.717, 1.165) is 13.1 Å². The fourth-order valence-electron chi connectivity index (χ4n) is 1.80. The van der Waals surface area contributed by atoms with E-state index in [1.807, 2.05) is 6.92 Å². The monoisotopic (exact) mass is 221 g/mol. The Morgan fingerprint density at radius 1 is 1.56 bits per heavy atom. The molecule has 1 aliphatic rings. The quantitative estimate of drug-likeness (QED) is 0.743. The van der Waals surface area contributed by atoms with Crippen molar-refractivity contribution in [3.8, 4) is 0 Å². The first-order chi connectivity index (χ1) is 7.74. The van der Waals surface area contributed by atoms with Crippen molar-refractivity contribution in [2.24, 2.45) is 0 Å². The normalized spacial score (nSPS) is 15.6. The van der Waals surface area contributed by atoms with Crippen LogP contribution in [0.3, 0.4) is 0 Å². The fraction of sp³-hybridized carbons (Fsp3) is 0.455.